The molecule has 236 valence electrons. The molecule has 0 spiro atoms. The lowest BCUT2D eigenvalue weighted by Crippen LogP contribution is -2.37. The number of anilines is 1. The van der Waals surface area contributed by atoms with Crippen LogP contribution in [0.4, 0.5) is 15.4 Å². The summed E-state index contributed by atoms with van der Waals surface area (Å²) < 4.78 is 55.3. The number of fused-ring (bicyclic) bond motifs is 1. The molecule has 1 unspecified atom stereocenters. The van der Waals surface area contributed by atoms with Gasteiger partial charge in [-0.15, -0.1) is 0 Å². The van der Waals surface area contributed by atoms with Crippen molar-refractivity contribution >= 4 is 36.9 Å². The Labute approximate surface area is 242 Å². The number of carbonyl (C=O) groups excluding carboxylic acids is 2. The first-order chi connectivity index (χ1) is 20.1. The number of hydrogen-bond donors (Lipinski definition) is 1. The topological polar surface area (TPSA) is 192 Å². The Morgan fingerprint density at radius 1 is 1.00 bits per heavy atom. The first-order valence-corrected chi connectivity index (χ1v) is 15.1. The van der Waals surface area contributed by atoms with Crippen molar-refractivity contribution in [1.29, 1.82) is 0 Å². The molecule has 0 saturated carbocycles. The van der Waals surface area contributed by atoms with E-state index >= 15 is 0 Å². The van der Waals surface area contributed by atoms with Crippen LogP contribution in [0.1, 0.15) is 40.2 Å². The monoisotopic (exact) mass is 619 g/mol. The van der Waals surface area contributed by atoms with Gasteiger partial charge in [0.2, 0.25) is 13.6 Å². The van der Waals surface area contributed by atoms with E-state index in [2.05, 4.69) is 19.9 Å². The SMILES string of the molecule is CC(C)OC(=O)OCOP(=O)(COCCC(CO)n1cnc2c(N3CCOCC3)ncnc21)OCOC(=O)OC(C)C. The number of imidazole rings is 1. The summed E-state index contributed by atoms with van der Waals surface area (Å²) in [4.78, 5) is 38.5. The maximum absolute atomic E-state index is 13.2. The van der Waals surface area contributed by atoms with Crippen LogP contribution in [0.3, 0.4) is 0 Å². The highest BCUT2D eigenvalue weighted by atomic mass is 31.2. The van der Waals surface area contributed by atoms with E-state index in [4.69, 9.17) is 37.5 Å². The van der Waals surface area contributed by atoms with Crippen LogP contribution in [0, 0.1) is 0 Å². The zero-order chi connectivity index (χ0) is 30.5. The Kier molecular flexibility index (Phi) is 13.2. The van der Waals surface area contributed by atoms with Crippen molar-refractivity contribution in [3.8, 4) is 0 Å². The van der Waals surface area contributed by atoms with Gasteiger partial charge in [0.1, 0.15) is 12.7 Å². The fourth-order valence-corrected chi connectivity index (χ4v) is 4.70. The number of hydrogen-bond acceptors (Lipinski definition) is 16. The molecule has 42 heavy (non-hydrogen) atoms. The van der Waals surface area contributed by atoms with Crippen LogP contribution in [0.25, 0.3) is 11.2 Å². The van der Waals surface area contributed by atoms with Crippen LogP contribution in [-0.2, 0) is 42.0 Å². The Morgan fingerprint density at radius 2 is 1.62 bits per heavy atom. The van der Waals surface area contributed by atoms with E-state index in [1.807, 2.05) is 0 Å². The van der Waals surface area contributed by atoms with Gasteiger partial charge in [0.05, 0.1) is 44.4 Å². The van der Waals surface area contributed by atoms with E-state index < -0.39 is 58.1 Å². The van der Waals surface area contributed by atoms with Gasteiger partial charge >= 0.3 is 19.9 Å². The molecule has 17 nitrogen and oxygen atoms in total. The standard InChI is InChI=1S/C24H38N5O12P/c1-17(2)40-23(31)36-14-38-42(33,39-15-37-24(32)41-18(3)4)16-35-8-5-19(11-30)29-13-27-20-21(25-12-26-22(20)29)28-6-9-34-10-7-28/h12-13,17-19,30H,5-11,14-16H2,1-4H3. The van der Waals surface area contributed by atoms with Gasteiger partial charge in [-0.1, -0.05) is 0 Å². The fraction of sp³-hybridized carbons (Fsp3) is 0.708. The van der Waals surface area contributed by atoms with Crippen LogP contribution < -0.4 is 4.90 Å². The van der Waals surface area contributed by atoms with Crippen molar-refractivity contribution < 1.29 is 56.7 Å². The summed E-state index contributed by atoms with van der Waals surface area (Å²) in [6.45, 7) is 7.23. The zero-order valence-electron chi connectivity index (χ0n) is 24.1. The quantitative estimate of drug-likeness (QED) is 0.125. The molecule has 0 aliphatic carbocycles. The van der Waals surface area contributed by atoms with Crippen LogP contribution in [0.5, 0.6) is 0 Å². The summed E-state index contributed by atoms with van der Waals surface area (Å²) >= 11 is 0. The smallest absolute Gasteiger partial charge is 0.432 e. The van der Waals surface area contributed by atoms with Crippen molar-refractivity contribution in [3.63, 3.8) is 0 Å². The zero-order valence-corrected chi connectivity index (χ0v) is 25.0. The summed E-state index contributed by atoms with van der Waals surface area (Å²) in [5, 5.41) is 10.1. The number of aliphatic hydroxyl groups is 1. The van der Waals surface area contributed by atoms with Crippen molar-refractivity contribution in [2.75, 3.05) is 64.4 Å². The average Bonchev–Trinajstić information content (AvgIpc) is 3.37. The average molecular weight is 620 g/mol. The largest absolute Gasteiger partial charge is 0.510 e. The number of nitrogens with zero attached hydrogens (tertiary/aromatic N) is 5. The number of morpholine rings is 1. The molecular formula is C24H38N5O12P. The molecule has 0 aromatic carbocycles. The lowest BCUT2D eigenvalue weighted by molar-refractivity contribution is -0.0345. The number of rotatable bonds is 16. The van der Waals surface area contributed by atoms with E-state index in [0.717, 1.165) is 0 Å². The van der Waals surface area contributed by atoms with E-state index in [-0.39, 0.29) is 19.6 Å². The minimum atomic E-state index is -4.10. The van der Waals surface area contributed by atoms with Gasteiger partial charge in [-0.2, -0.15) is 0 Å². The van der Waals surface area contributed by atoms with Crippen molar-refractivity contribution in [1.82, 2.24) is 19.5 Å². The van der Waals surface area contributed by atoms with E-state index in [1.165, 1.54) is 6.33 Å². The third kappa shape index (κ3) is 10.3. The van der Waals surface area contributed by atoms with E-state index in [1.54, 1.807) is 38.6 Å². The molecule has 2 aromatic heterocycles. The molecular weight excluding hydrogens is 581 g/mol. The Hall–Kier alpha value is -3.08. The highest BCUT2D eigenvalue weighted by Gasteiger charge is 2.28. The van der Waals surface area contributed by atoms with Crippen LogP contribution in [0.2, 0.25) is 0 Å². The third-order valence-corrected chi connectivity index (χ3v) is 7.11. The van der Waals surface area contributed by atoms with E-state index in [0.29, 0.717) is 43.3 Å². The fourth-order valence-electron chi connectivity index (χ4n) is 3.70. The maximum atomic E-state index is 13.2. The molecule has 0 radical (unpaired) electrons. The second-order valence-corrected chi connectivity index (χ2v) is 11.5. The van der Waals surface area contributed by atoms with Crippen molar-refractivity contribution in [3.05, 3.63) is 12.7 Å². The summed E-state index contributed by atoms with van der Waals surface area (Å²) in [7, 11) is -4.10. The van der Waals surface area contributed by atoms with Gasteiger partial charge in [0, 0.05) is 19.7 Å². The van der Waals surface area contributed by atoms with Crippen LogP contribution in [-0.4, -0.2) is 109 Å². The van der Waals surface area contributed by atoms with Gasteiger partial charge < -0.3 is 43.0 Å². The highest BCUT2D eigenvalue weighted by Crippen LogP contribution is 2.48. The number of ether oxygens (including phenoxy) is 6. The van der Waals surface area contributed by atoms with Crippen molar-refractivity contribution in [2.45, 2.75) is 52.4 Å². The van der Waals surface area contributed by atoms with Gasteiger partial charge in [-0.05, 0) is 34.1 Å². The molecule has 0 amide bonds. The van der Waals surface area contributed by atoms with Gasteiger partial charge in [-0.25, -0.2) is 24.5 Å². The Balaban J connectivity index is 1.58. The second kappa shape index (κ2) is 16.5. The van der Waals surface area contributed by atoms with Crippen LogP contribution in [0.15, 0.2) is 12.7 Å². The first-order valence-electron chi connectivity index (χ1n) is 13.4. The minimum absolute atomic E-state index is 0.00944. The van der Waals surface area contributed by atoms with Gasteiger partial charge in [0.15, 0.2) is 17.0 Å². The predicted molar refractivity (Wildman–Crippen MR) is 145 cm³/mol. The maximum Gasteiger partial charge on any atom is 0.510 e. The summed E-state index contributed by atoms with van der Waals surface area (Å²) in [6, 6.07) is -0.480. The Bertz CT molecular complexity index is 1160. The molecule has 18 heteroatoms. The number of aromatic nitrogens is 4. The minimum Gasteiger partial charge on any atom is -0.432 e. The lowest BCUT2D eigenvalue weighted by atomic mass is 10.2. The number of aliphatic hydroxyl groups excluding tert-OH is 1. The van der Waals surface area contributed by atoms with Crippen molar-refractivity contribution in [2.24, 2.45) is 0 Å². The summed E-state index contributed by atoms with van der Waals surface area (Å²) in [5.74, 6) is 0.684. The summed E-state index contributed by atoms with van der Waals surface area (Å²) in [6.07, 6.45) is -0.233. The van der Waals surface area contributed by atoms with Gasteiger partial charge in [0.25, 0.3) is 0 Å². The highest BCUT2D eigenvalue weighted by molar-refractivity contribution is 7.53. The molecule has 3 rings (SSSR count). The normalized spacial score (nSPS) is 14.8. The lowest BCUT2D eigenvalue weighted by Gasteiger charge is -2.27. The molecule has 0 bridgehead atoms. The molecule has 1 saturated heterocycles. The molecule has 1 aliphatic heterocycles. The molecule has 1 aliphatic rings. The third-order valence-electron chi connectivity index (χ3n) is 5.62. The molecule has 3 heterocycles. The predicted octanol–water partition coefficient (Wildman–Crippen LogP) is 2.83. The van der Waals surface area contributed by atoms with Gasteiger partial charge in [-0.3, -0.25) is 13.6 Å². The summed E-state index contributed by atoms with van der Waals surface area (Å²) in [5.41, 5.74) is 1.14. The van der Waals surface area contributed by atoms with Crippen LogP contribution >= 0.6 is 7.60 Å². The molecule has 2 aromatic rings. The first kappa shape index (κ1) is 33.4. The second-order valence-electron chi connectivity index (χ2n) is 9.51. The molecule has 1 fully saturated rings. The molecule has 1 N–H and O–H groups in total. The molecule has 1 atom stereocenters. The van der Waals surface area contributed by atoms with E-state index in [9.17, 15) is 19.3 Å². The Morgan fingerprint density at radius 3 is 2.19 bits per heavy atom. The number of carbonyl (C=O) groups is 2.